The van der Waals surface area contributed by atoms with E-state index in [2.05, 4.69) is 10.4 Å². The molecule has 0 radical (unpaired) electrons. The lowest BCUT2D eigenvalue weighted by atomic mass is 9.99. The number of hydrogen-bond donors (Lipinski definition) is 1. The van der Waals surface area contributed by atoms with Crippen molar-refractivity contribution in [2.45, 2.75) is 26.2 Å². The molecule has 1 aliphatic rings. The number of amides is 1. The van der Waals surface area contributed by atoms with Crippen molar-refractivity contribution in [3.05, 3.63) is 16.4 Å². The van der Waals surface area contributed by atoms with E-state index < -0.39 is 0 Å². The van der Waals surface area contributed by atoms with Crippen molar-refractivity contribution in [1.29, 1.82) is 0 Å². The van der Waals surface area contributed by atoms with E-state index in [0.29, 0.717) is 28.9 Å². The third kappa shape index (κ3) is 3.48. The first-order chi connectivity index (χ1) is 9.09. The van der Waals surface area contributed by atoms with E-state index >= 15 is 0 Å². The topological polar surface area (TPSA) is 56.2 Å². The minimum absolute atomic E-state index is 0.162. The van der Waals surface area contributed by atoms with Crippen molar-refractivity contribution in [2.24, 2.45) is 13.0 Å². The molecular weight excluding hydrogens is 266 g/mol. The summed E-state index contributed by atoms with van der Waals surface area (Å²) in [5, 5.41) is 7.47. The number of halogens is 1. The van der Waals surface area contributed by atoms with Gasteiger partial charge in [0.25, 0.3) is 5.91 Å². The summed E-state index contributed by atoms with van der Waals surface area (Å²) in [6, 6.07) is 0. The summed E-state index contributed by atoms with van der Waals surface area (Å²) in [7, 11) is 1.72. The third-order valence-electron chi connectivity index (χ3n) is 3.46. The Morgan fingerprint density at radius 2 is 2.42 bits per heavy atom. The van der Waals surface area contributed by atoms with Crippen LogP contribution in [0.4, 0.5) is 0 Å². The van der Waals surface area contributed by atoms with Crippen LogP contribution in [0.5, 0.6) is 0 Å². The van der Waals surface area contributed by atoms with E-state index in [0.717, 1.165) is 26.1 Å². The van der Waals surface area contributed by atoms with E-state index in [-0.39, 0.29) is 5.91 Å². The molecule has 1 aliphatic heterocycles. The van der Waals surface area contributed by atoms with Crippen LogP contribution in [0, 0.1) is 12.8 Å². The minimum atomic E-state index is -0.162. The van der Waals surface area contributed by atoms with E-state index in [1.165, 1.54) is 11.1 Å². The van der Waals surface area contributed by atoms with Crippen molar-refractivity contribution in [3.63, 3.8) is 0 Å². The van der Waals surface area contributed by atoms with Gasteiger partial charge in [-0.1, -0.05) is 11.6 Å². The molecule has 1 saturated heterocycles. The summed E-state index contributed by atoms with van der Waals surface area (Å²) in [6.45, 7) is 4.11. The van der Waals surface area contributed by atoms with E-state index in [4.69, 9.17) is 16.3 Å². The van der Waals surface area contributed by atoms with Gasteiger partial charge in [0.15, 0.2) is 0 Å². The molecule has 1 fully saturated rings. The summed E-state index contributed by atoms with van der Waals surface area (Å²) in [6.07, 6.45) is 3.24. The molecule has 2 heterocycles. The average Bonchev–Trinajstić information content (AvgIpc) is 2.64. The second-order valence-electron chi connectivity index (χ2n) is 5.00. The van der Waals surface area contributed by atoms with Gasteiger partial charge in [-0.15, -0.1) is 0 Å². The molecule has 19 heavy (non-hydrogen) atoms. The molecule has 1 amide bonds. The van der Waals surface area contributed by atoms with Crippen LogP contribution in [0.3, 0.4) is 0 Å². The standard InChI is InChI=1S/C13H20ClN3O2/c1-9-11(14)12(17(2)16-9)13(18)15-6-5-10-4-3-7-19-8-10/h10H,3-8H2,1-2H3,(H,15,18)/t10-/m1/s1. The zero-order valence-electron chi connectivity index (χ0n) is 11.4. The second-order valence-corrected chi connectivity index (χ2v) is 5.38. The second kappa shape index (κ2) is 6.39. The van der Waals surface area contributed by atoms with Crippen LogP contribution >= 0.6 is 11.6 Å². The van der Waals surface area contributed by atoms with Gasteiger partial charge in [0.05, 0.1) is 10.7 Å². The number of aromatic nitrogens is 2. The summed E-state index contributed by atoms with van der Waals surface area (Å²) >= 11 is 6.07. The maximum absolute atomic E-state index is 12.1. The summed E-state index contributed by atoms with van der Waals surface area (Å²) < 4.78 is 6.94. The van der Waals surface area contributed by atoms with E-state index in [1.54, 1.807) is 14.0 Å². The van der Waals surface area contributed by atoms with Crippen LogP contribution in [-0.4, -0.2) is 35.4 Å². The van der Waals surface area contributed by atoms with Crippen LogP contribution in [0.15, 0.2) is 0 Å². The Bertz CT molecular complexity index is 453. The molecule has 0 aromatic carbocycles. The van der Waals surface area contributed by atoms with Gasteiger partial charge in [0, 0.05) is 26.8 Å². The predicted octanol–water partition coefficient (Wildman–Crippen LogP) is 1.93. The predicted molar refractivity (Wildman–Crippen MR) is 73.4 cm³/mol. The lowest BCUT2D eigenvalue weighted by Gasteiger charge is -2.21. The highest BCUT2D eigenvalue weighted by molar-refractivity contribution is 6.34. The van der Waals surface area contributed by atoms with Gasteiger partial charge >= 0.3 is 0 Å². The van der Waals surface area contributed by atoms with Crippen LogP contribution in [0.25, 0.3) is 0 Å². The molecule has 1 aromatic rings. The van der Waals surface area contributed by atoms with Crippen LogP contribution in [0.2, 0.25) is 5.02 Å². The number of carbonyl (C=O) groups excluding carboxylic acids is 1. The smallest absolute Gasteiger partial charge is 0.271 e. The fraction of sp³-hybridized carbons (Fsp3) is 0.692. The number of carbonyl (C=O) groups is 1. The number of ether oxygens (including phenoxy) is 1. The normalized spacial score (nSPS) is 19.4. The number of aryl methyl sites for hydroxylation is 2. The Morgan fingerprint density at radius 1 is 1.63 bits per heavy atom. The molecule has 0 spiro atoms. The lowest BCUT2D eigenvalue weighted by molar-refractivity contribution is 0.0514. The van der Waals surface area contributed by atoms with E-state index in [1.807, 2.05) is 0 Å². The van der Waals surface area contributed by atoms with Crippen molar-refractivity contribution in [2.75, 3.05) is 19.8 Å². The van der Waals surface area contributed by atoms with Gasteiger partial charge in [0.1, 0.15) is 5.69 Å². The molecule has 0 saturated carbocycles. The Morgan fingerprint density at radius 3 is 3.00 bits per heavy atom. The Kier molecular flexibility index (Phi) is 4.82. The molecule has 2 rings (SSSR count). The zero-order valence-corrected chi connectivity index (χ0v) is 12.2. The Balaban J connectivity index is 1.84. The van der Waals surface area contributed by atoms with Gasteiger partial charge in [-0.3, -0.25) is 9.48 Å². The molecule has 106 valence electrons. The number of hydrogen-bond acceptors (Lipinski definition) is 3. The quantitative estimate of drug-likeness (QED) is 0.920. The maximum atomic E-state index is 12.1. The number of rotatable bonds is 4. The molecule has 0 unspecified atom stereocenters. The first kappa shape index (κ1) is 14.3. The van der Waals surface area contributed by atoms with Crippen molar-refractivity contribution in [1.82, 2.24) is 15.1 Å². The third-order valence-corrected chi connectivity index (χ3v) is 3.91. The highest BCUT2D eigenvalue weighted by Crippen LogP contribution is 2.19. The monoisotopic (exact) mass is 285 g/mol. The number of nitrogens with zero attached hydrogens (tertiary/aromatic N) is 2. The van der Waals surface area contributed by atoms with Crippen molar-refractivity contribution in [3.8, 4) is 0 Å². The van der Waals surface area contributed by atoms with Crippen LogP contribution < -0.4 is 5.32 Å². The van der Waals surface area contributed by atoms with Crippen LogP contribution in [-0.2, 0) is 11.8 Å². The van der Waals surface area contributed by atoms with E-state index in [9.17, 15) is 4.79 Å². The fourth-order valence-corrected chi connectivity index (χ4v) is 2.63. The highest BCUT2D eigenvalue weighted by atomic mass is 35.5. The Labute approximate surface area is 118 Å². The lowest BCUT2D eigenvalue weighted by Crippen LogP contribution is -2.29. The molecule has 1 aromatic heterocycles. The maximum Gasteiger partial charge on any atom is 0.271 e. The summed E-state index contributed by atoms with van der Waals surface area (Å²) in [5.41, 5.74) is 1.11. The molecule has 6 heteroatoms. The zero-order chi connectivity index (χ0) is 13.8. The van der Waals surface area contributed by atoms with Crippen molar-refractivity contribution < 1.29 is 9.53 Å². The van der Waals surface area contributed by atoms with Gasteiger partial charge < -0.3 is 10.1 Å². The van der Waals surface area contributed by atoms with Gasteiger partial charge in [0.2, 0.25) is 0 Å². The van der Waals surface area contributed by atoms with Crippen LogP contribution in [0.1, 0.15) is 35.4 Å². The molecule has 1 atom stereocenters. The van der Waals surface area contributed by atoms with Crippen molar-refractivity contribution >= 4 is 17.5 Å². The summed E-state index contributed by atoms with van der Waals surface area (Å²) in [5.74, 6) is 0.391. The highest BCUT2D eigenvalue weighted by Gasteiger charge is 2.19. The Hall–Kier alpha value is -1.07. The molecule has 0 bridgehead atoms. The largest absolute Gasteiger partial charge is 0.381 e. The van der Waals surface area contributed by atoms with Gasteiger partial charge in [-0.05, 0) is 32.1 Å². The summed E-state index contributed by atoms with van der Waals surface area (Å²) in [4.78, 5) is 12.1. The molecule has 0 aliphatic carbocycles. The average molecular weight is 286 g/mol. The minimum Gasteiger partial charge on any atom is -0.381 e. The van der Waals surface area contributed by atoms with Gasteiger partial charge in [-0.25, -0.2) is 0 Å². The SMILES string of the molecule is Cc1nn(C)c(C(=O)NCC[C@H]2CCCOC2)c1Cl. The first-order valence-corrected chi connectivity index (χ1v) is 7.02. The number of nitrogens with one attached hydrogen (secondary N) is 1. The molecule has 5 nitrogen and oxygen atoms in total. The van der Waals surface area contributed by atoms with Gasteiger partial charge in [-0.2, -0.15) is 5.10 Å². The fourth-order valence-electron chi connectivity index (χ4n) is 2.39. The molecule has 1 N–H and O–H groups in total. The first-order valence-electron chi connectivity index (χ1n) is 6.64. The molecular formula is C13H20ClN3O2.